The van der Waals surface area contributed by atoms with Crippen LogP contribution in [0.25, 0.3) is 0 Å². The number of aliphatic hydroxyl groups is 1. The molecule has 0 spiro atoms. The third-order valence-corrected chi connectivity index (χ3v) is 5.81. The second-order valence-electron chi connectivity index (χ2n) is 7.25. The molecule has 136 valence electrons. The van der Waals surface area contributed by atoms with Gasteiger partial charge in [0, 0.05) is 11.5 Å². The predicted octanol–water partition coefficient (Wildman–Crippen LogP) is 4.31. The summed E-state index contributed by atoms with van der Waals surface area (Å²) in [5.41, 5.74) is 3.97. The molecule has 0 amide bonds. The number of fused-ring (bicyclic) bond motifs is 1. The van der Waals surface area contributed by atoms with Gasteiger partial charge in [-0.15, -0.1) is 0 Å². The van der Waals surface area contributed by atoms with Gasteiger partial charge in [0.25, 0.3) is 0 Å². The molecule has 1 heterocycles. The number of benzene rings is 3. The number of hydrogen-bond donors (Lipinski definition) is 1. The highest BCUT2D eigenvalue weighted by molar-refractivity contribution is 5.53. The first-order chi connectivity index (χ1) is 13.3. The Morgan fingerprint density at radius 1 is 0.741 bits per heavy atom. The van der Waals surface area contributed by atoms with E-state index in [2.05, 4.69) is 18.2 Å². The van der Waals surface area contributed by atoms with Gasteiger partial charge in [-0.3, -0.25) is 0 Å². The van der Waals surface area contributed by atoms with E-state index < -0.39 is 11.9 Å². The SMILES string of the molecule is OC1(c2ccccc2C2OCCO2)c2ccccc2CC1c1ccccc1. The standard InChI is InChI=1S/C24H22O3/c25-24(21-13-7-5-11-19(21)23-26-14-15-27-23)20-12-6-4-10-18(20)16-22(24)17-8-2-1-3-9-17/h1-13,22-23,25H,14-16H2. The molecular weight excluding hydrogens is 336 g/mol. The number of hydrogen-bond acceptors (Lipinski definition) is 3. The Balaban J connectivity index is 1.72. The molecule has 1 N–H and O–H groups in total. The van der Waals surface area contributed by atoms with Gasteiger partial charge in [0.05, 0.1) is 13.2 Å². The summed E-state index contributed by atoms with van der Waals surface area (Å²) >= 11 is 0. The Morgan fingerprint density at radius 2 is 1.37 bits per heavy atom. The molecule has 5 rings (SSSR count). The van der Waals surface area contributed by atoms with Gasteiger partial charge in [0.1, 0.15) is 5.60 Å². The van der Waals surface area contributed by atoms with Crippen LogP contribution < -0.4 is 0 Å². The molecule has 0 bridgehead atoms. The van der Waals surface area contributed by atoms with Crippen LogP contribution in [0.1, 0.15) is 40.0 Å². The second kappa shape index (κ2) is 6.61. The van der Waals surface area contributed by atoms with E-state index in [1.165, 1.54) is 5.56 Å². The Hall–Kier alpha value is -2.46. The fraction of sp³-hybridized carbons (Fsp3) is 0.250. The first-order valence-electron chi connectivity index (χ1n) is 9.47. The minimum absolute atomic E-state index is 0.0568. The third kappa shape index (κ3) is 2.62. The van der Waals surface area contributed by atoms with Gasteiger partial charge in [-0.1, -0.05) is 78.9 Å². The highest BCUT2D eigenvalue weighted by atomic mass is 16.7. The van der Waals surface area contributed by atoms with Gasteiger partial charge in [-0.2, -0.15) is 0 Å². The van der Waals surface area contributed by atoms with Crippen LogP contribution in [0.3, 0.4) is 0 Å². The van der Waals surface area contributed by atoms with E-state index in [9.17, 15) is 5.11 Å². The molecule has 3 aromatic carbocycles. The van der Waals surface area contributed by atoms with Crippen molar-refractivity contribution < 1.29 is 14.6 Å². The normalized spacial score (nSPS) is 24.9. The molecule has 2 atom stereocenters. The van der Waals surface area contributed by atoms with Gasteiger partial charge >= 0.3 is 0 Å². The summed E-state index contributed by atoms with van der Waals surface area (Å²) < 4.78 is 11.6. The second-order valence-corrected chi connectivity index (χ2v) is 7.25. The van der Waals surface area contributed by atoms with Crippen molar-refractivity contribution in [3.8, 4) is 0 Å². The van der Waals surface area contributed by atoms with Crippen LogP contribution in [0, 0.1) is 0 Å². The van der Waals surface area contributed by atoms with E-state index in [0.29, 0.717) is 13.2 Å². The highest BCUT2D eigenvalue weighted by Gasteiger charge is 2.49. The molecule has 3 nitrogen and oxygen atoms in total. The van der Waals surface area contributed by atoms with Crippen molar-refractivity contribution >= 4 is 0 Å². The topological polar surface area (TPSA) is 38.7 Å². The number of rotatable bonds is 3. The van der Waals surface area contributed by atoms with Crippen molar-refractivity contribution in [1.29, 1.82) is 0 Å². The molecule has 0 aromatic heterocycles. The van der Waals surface area contributed by atoms with E-state index in [0.717, 1.165) is 28.7 Å². The van der Waals surface area contributed by atoms with Gasteiger partial charge < -0.3 is 14.6 Å². The lowest BCUT2D eigenvalue weighted by molar-refractivity contribution is -0.0483. The van der Waals surface area contributed by atoms with Crippen molar-refractivity contribution in [2.24, 2.45) is 0 Å². The summed E-state index contributed by atoms with van der Waals surface area (Å²) in [7, 11) is 0. The minimum atomic E-state index is -1.12. The first-order valence-corrected chi connectivity index (χ1v) is 9.47. The van der Waals surface area contributed by atoms with Crippen LogP contribution >= 0.6 is 0 Å². The van der Waals surface area contributed by atoms with Crippen LogP contribution in [-0.4, -0.2) is 18.3 Å². The van der Waals surface area contributed by atoms with Gasteiger partial charge in [-0.25, -0.2) is 0 Å². The van der Waals surface area contributed by atoms with Crippen molar-refractivity contribution in [3.63, 3.8) is 0 Å². The van der Waals surface area contributed by atoms with Crippen LogP contribution in [-0.2, 0) is 21.5 Å². The number of ether oxygens (including phenoxy) is 2. The quantitative estimate of drug-likeness (QED) is 0.758. The molecule has 3 heteroatoms. The van der Waals surface area contributed by atoms with Gasteiger partial charge in [-0.05, 0) is 28.7 Å². The summed E-state index contributed by atoms with van der Waals surface area (Å²) in [6.07, 6.45) is 0.381. The molecule has 2 aliphatic rings. The lowest BCUT2D eigenvalue weighted by atomic mass is 9.75. The third-order valence-electron chi connectivity index (χ3n) is 5.81. The lowest BCUT2D eigenvalue weighted by Gasteiger charge is -2.34. The monoisotopic (exact) mass is 358 g/mol. The maximum atomic E-state index is 12.3. The van der Waals surface area contributed by atoms with Crippen molar-refractivity contribution in [2.45, 2.75) is 24.2 Å². The Bertz CT molecular complexity index is 947. The van der Waals surface area contributed by atoms with Crippen LogP contribution in [0.15, 0.2) is 78.9 Å². The lowest BCUT2D eigenvalue weighted by Crippen LogP contribution is -2.33. The fourth-order valence-corrected chi connectivity index (χ4v) is 4.59. The minimum Gasteiger partial charge on any atom is -0.380 e. The maximum Gasteiger partial charge on any atom is 0.184 e. The van der Waals surface area contributed by atoms with Crippen molar-refractivity contribution in [2.75, 3.05) is 13.2 Å². The van der Waals surface area contributed by atoms with E-state index >= 15 is 0 Å². The van der Waals surface area contributed by atoms with Crippen LogP contribution in [0.4, 0.5) is 0 Å². The smallest absolute Gasteiger partial charge is 0.184 e. The van der Waals surface area contributed by atoms with Gasteiger partial charge in [0.15, 0.2) is 6.29 Å². The summed E-state index contributed by atoms with van der Waals surface area (Å²) in [4.78, 5) is 0. The molecule has 27 heavy (non-hydrogen) atoms. The van der Waals surface area contributed by atoms with E-state index in [-0.39, 0.29) is 5.92 Å². The predicted molar refractivity (Wildman–Crippen MR) is 103 cm³/mol. The molecule has 1 aliphatic carbocycles. The molecule has 1 aliphatic heterocycles. The first kappa shape index (κ1) is 16.7. The van der Waals surface area contributed by atoms with E-state index in [1.807, 2.05) is 60.7 Å². The zero-order valence-corrected chi connectivity index (χ0v) is 15.0. The molecule has 1 fully saturated rings. The summed E-state index contributed by atoms with van der Waals surface area (Å²) in [6, 6.07) is 26.5. The molecule has 3 aromatic rings. The molecule has 0 radical (unpaired) electrons. The van der Waals surface area contributed by atoms with Crippen LogP contribution in [0.2, 0.25) is 0 Å². The Labute approximate surface area is 159 Å². The summed E-state index contributed by atoms with van der Waals surface area (Å²) in [5, 5.41) is 12.3. The Morgan fingerprint density at radius 3 is 2.15 bits per heavy atom. The fourth-order valence-electron chi connectivity index (χ4n) is 4.59. The molecular formula is C24H22O3. The largest absolute Gasteiger partial charge is 0.380 e. The zero-order valence-electron chi connectivity index (χ0n) is 15.0. The molecule has 0 saturated carbocycles. The van der Waals surface area contributed by atoms with Gasteiger partial charge in [0.2, 0.25) is 0 Å². The average molecular weight is 358 g/mol. The van der Waals surface area contributed by atoms with Crippen molar-refractivity contribution in [3.05, 3.63) is 107 Å². The summed E-state index contributed by atoms with van der Waals surface area (Å²) in [5.74, 6) is -0.0568. The van der Waals surface area contributed by atoms with Crippen LogP contribution in [0.5, 0.6) is 0 Å². The van der Waals surface area contributed by atoms with Crippen molar-refractivity contribution in [1.82, 2.24) is 0 Å². The van der Waals surface area contributed by atoms with E-state index in [1.54, 1.807) is 0 Å². The molecule has 2 unspecified atom stereocenters. The maximum absolute atomic E-state index is 12.3. The summed E-state index contributed by atoms with van der Waals surface area (Å²) in [6.45, 7) is 1.16. The Kier molecular flexibility index (Phi) is 4.09. The molecule has 1 saturated heterocycles. The highest BCUT2D eigenvalue weighted by Crippen LogP contribution is 2.52. The average Bonchev–Trinajstić information content (AvgIpc) is 3.36. The zero-order chi connectivity index (χ0) is 18.3. The van der Waals surface area contributed by atoms with E-state index in [4.69, 9.17) is 9.47 Å².